The molecule has 1 saturated carbocycles. The third kappa shape index (κ3) is 3.42. The van der Waals surface area contributed by atoms with E-state index in [-0.39, 0.29) is 5.41 Å². The van der Waals surface area contributed by atoms with Crippen molar-refractivity contribution in [3.63, 3.8) is 0 Å². The fraction of sp³-hybridized carbons (Fsp3) is 0.500. The summed E-state index contributed by atoms with van der Waals surface area (Å²) in [6.07, 6.45) is 7.96. The molecule has 0 atom stereocenters. The summed E-state index contributed by atoms with van der Waals surface area (Å²) >= 11 is 0. The lowest BCUT2D eigenvalue weighted by molar-refractivity contribution is 0.0810. The van der Waals surface area contributed by atoms with Gasteiger partial charge in [0.25, 0.3) is 0 Å². The van der Waals surface area contributed by atoms with E-state index in [0.717, 1.165) is 31.4 Å². The molecule has 1 aliphatic carbocycles. The highest BCUT2D eigenvalue weighted by molar-refractivity contribution is 5.78. The van der Waals surface area contributed by atoms with Gasteiger partial charge in [-0.2, -0.15) is 0 Å². The molecule has 2 N–H and O–H groups in total. The molecule has 0 unspecified atom stereocenters. The molecule has 3 nitrogen and oxygen atoms in total. The lowest BCUT2D eigenvalue weighted by Crippen LogP contribution is -2.38. The van der Waals surface area contributed by atoms with E-state index < -0.39 is 0 Å². The summed E-state index contributed by atoms with van der Waals surface area (Å²) in [4.78, 5) is 4.35. The van der Waals surface area contributed by atoms with Gasteiger partial charge in [0.05, 0.1) is 5.52 Å². The molecule has 21 heavy (non-hydrogen) atoms. The molecule has 1 aliphatic rings. The van der Waals surface area contributed by atoms with Crippen molar-refractivity contribution in [3.05, 3.63) is 42.1 Å². The van der Waals surface area contributed by atoms with E-state index in [0.29, 0.717) is 6.61 Å². The summed E-state index contributed by atoms with van der Waals surface area (Å²) in [7, 11) is 0. The smallest absolute Gasteiger partial charge is 0.0702 e. The van der Waals surface area contributed by atoms with E-state index in [1.807, 2.05) is 12.3 Å². The van der Waals surface area contributed by atoms with Gasteiger partial charge in [0.1, 0.15) is 0 Å². The average Bonchev–Trinajstić information content (AvgIpc) is 2.55. The van der Waals surface area contributed by atoms with Gasteiger partial charge in [-0.1, -0.05) is 31.4 Å². The summed E-state index contributed by atoms with van der Waals surface area (Å²) in [6, 6.07) is 10.5. The second kappa shape index (κ2) is 6.54. The Kier molecular flexibility index (Phi) is 4.51. The van der Waals surface area contributed by atoms with Crippen molar-refractivity contribution < 1.29 is 5.11 Å². The van der Waals surface area contributed by atoms with Gasteiger partial charge in [-0.3, -0.25) is 4.98 Å². The van der Waals surface area contributed by atoms with Gasteiger partial charge in [-0.25, -0.2) is 0 Å². The molecule has 112 valence electrons. The maximum Gasteiger partial charge on any atom is 0.0702 e. The summed E-state index contributed by atoms with van der Waals surface area (Å²) in [5.74, 6) is 0. The van der Waals surface area contributed by atoms with Crippen molar-refractivity contribution >= 4 is 10.9 Å². The zero-order valence-electron chi connectivity index (χ0n) is 12.5. The first kappa shape index (κ1) is 14.5. The Bertz CT molecular complexity index is 591. The van der Waals surface area contributed by atoms with Crippen LogP contribution in [-0.4, -0.2) is 23.2 Å². The zero-order valence-corrected chi connectivity index (χ0v) is 12.5. The summed E-state index contributed by atoms with van der Waals surface area (Å²) in [5, 5.41) is 14.5. The average molecular weight is 284 g/mol. The van der Waals surface area contributed by atoms with Crippen LogP contribution in [0, 0.1) is 5.41 Å². The van der Waals surface area contributed by atoms with Crippen LogP contribution in [0.15, 0.2) is 36.5 Å². The summed E-state index contributed by atoms with van der Waals surface area (Å²) < 4.78 is 0. The van der Waals surface area contributed by atoms with E-state index in [1.54, 1.807) is 0 Å². The Hall–Kier alpha value is -1.45. The highest BCUT2D eigenvalue weighted by atomic mass is 16.3. The number of nitrogens with zero attached hydrogens (tertiary/aromatic N) is 1. The minimum absolute atomic E-state index is 0.108. The fourth-order valence-electron chi connectivity index (χ4n) is 3.40. The van der Waals surface area contributed by atoms with E-state index in [2.05, 4.69) is 34.6 Å². The van der Waals surface area contributed by atoms with Gasteiger partial charge in [-0.05, 0) is 36.6 Å². The van der Waals surface area contributed by atoms with Crippen molar-refractivity contribution in [2.45, 2.75) is 38.6 Å². The number of hydrogen-bond donors (Lipinski definition) is 2. The highest BCUT2D eigenvalue weighted by Gasteiger charge is 2.30. The number of benzene rings is 1. The van der Waals surface area contributed by atoms with Gasteiger partial charge in [0, 0.05) is 36.7 Å². The van der Waals surface area contributed by atoms with Gasteiger partial charge >= 0.3 is 0 Å². The largest absolute Gasteiger partial charge is 0.396 e. The Morgan fingerprint density at radius 1 is 1.14 bits per heavy atom. The minimum atomic E-state index is 0.108. The third-order valence-electron chi connectivity index (χ3n) is 4.75. The number of pyridine rings is 1. The van der Waals surface area contributed by atoms with E-state index >= 15 is 0 Å². The Morgan fingerprint density at radius 2 is 2.00 bits per heavy atom. The van der Waals surface area contributed by atoms with Crippen LogP contribution in [0.5, 0.6) is 0 Å². The minimum Gasteiger partial charge on any atom is -0.396 e. The first-order valence-electron chi connectivity index (χ1n) is 7.97. The molecular formula is C18H24N2O. The van der Waals surface area contributed by atoms with Crippen LogP contribution < -0.4 is 5.32 Å². The van der Waals surface area contributed by atoms with Crippen molar-refractivity contribution in [3.8, 4) is 0 Å². The van der Waals surface area contributed by atoms with Gasteiger partial charge in [0.15, 0.2) is 0 Å². The number of rotatable bonds is 5. The van der Waals surface area contributed by atoms with E-state index in [9.17, 15) is 5.11 Å². The maximum atomic E-state index is 9.73. The van der Waals surface area contributed by atoms with Crippen molar-refractivity contribution in [1.82, 2.24) is 10.3 Å². The topological polar surface area (TPSA) is 45.1 Å². The molecular weight excluding hydrogens is 260 g/mol. The van der Waals surface area contributed by atoms with Crippen molar-refractivity contribution in [1.29, 1.82) is 0 Å². The Labute approximate surface area is 126 Å². The van der Waals surface area contributed by atoms with Gasteiger partial charge in [0.2, 0.25) is 0 Å². The molecule has 1 aromatic carbocycles. The lowest BCUT2D eigenvalue weighted by Gasteiger charge is -2.35. The standard InChI is InChI=1S/C18H24N2O/c21-14-18(8-2-1-3-9-18)13-19-12-15-6-7-17-16(11-15)5-4-10-20-17/h4-7,10-11,19,21H,1-3,8-9,12-14H2. The number of hydrogen-bond acceptors (Lipinski definition) is 3. The molecule has 3 heteroatoms. The van der Waals surface area contributed by atoms with Crippen LogP contribution >= 0.6 is 0 Å². The van der Waals surface area contributed by atoms with Gasteiger partial charge < -0.3 is 10.4 Å². The number of aliphatic hydroxyl groups is 1. The number of fused-ring (bicyclic) bond motifs is 1. The van der Waals surface area contributed by atoms with Crippen molar-refractivity contribution in [2.24, 2.45) is 5.41 Å². The number of aliphatic hydroxyl groups excluding tert-OH is 1. The maximum absolute atomic E-state index is 9.73. The van der Waals surface area contributed by atoms with Crippen LogP contribution in [0.2, 0.25) is 0 Å². The quantitative estimate of drug-likeness (QED) is 0.885. The molecule has 2 aromatic rings. The molecule has 1 heterocycles. The molecule has 0 amide bonds. The molecule has 0 radical (unpaired) electrons. The molecule has 0 spiro atoms. The Balaban J connectivity index is 1.60. The van der Waals surface area contributed by atoms with Crippen LogP contribution in [0.1, 0.15) is 37.7 Å². The second-order valence-electron chi connectivity index (χ2n) is 6.35. The number of nitrogens with one attached hydrogen (secondary N) is 1. The monoisotopic (exact) mass is 284 g/mol. The lowest BCUT2D eigenvalue weighted by atomic mass is 9.74. The predicted molar refractivity (Wildman–Crippen MR) is 86.1 cm³/mol. The van der Waals surface area contributed by atoms with Crippen LogP contribution in [0.25, 0.3) is 10.9 Å². The summed E-state index contributed by atoms with van der Waals surface area (Å²) in [6.45, 7) is 2.07. The predicted octanol–water partition coefficient (Wildman–Crippen LogP) is 3.27. The first-order valence-corrected chi connectivity index (χ1v) is 7.97. The highest BCUT2D eigenvalue weighted by Crippen LogP contribution is 2.35. The fourth-order valence-corrected chi connectivity index (χ4v) is 3.40. The molecule has 0 saturated heterocycles. The molecule has 0 bridgehead atoms. The van der Waals surface area contributed by atoms with Gasteiger partial charge in [-0.15, -0.1) is 0 Å². The van der Waals surface area contributed by atoms with Crippen LogP contribution in [0.4, 0.5) is 0 Å². The van der Waals surface area contributed by atoms with E-state index in [4.69, 9.17) is 0 Å². The molecule has 1 aromatic heterocycles. The SMILES string of the molecule is OCC1(CNCc2ccc3ncccc3c2)CCCCC1. The van der Waals surface area contributed by atoms with Crippen LogP contribution in [0.3, 0.4) is 0 Å². The zero-order chi connectivity index (χ0) is 14.5. The summed E-state index contributed by atoms with van der Waals surface area (Å²) in [5.41, 5.74) is 2.43. The van der Waals surface area contributed by atoms with Crippen LogP contribution in [-0.2, 0) is 6.54 Å². The normalized spacial score (nSPS) is 18.0. The first-order chi connectivity index (χ1) is 10.3. The van der Waals surface area contributed by atoms with Crippen molar-refractivity contribution in [2.75, 3.05) is 13.2 Å². The third-order valence-corrected chi connectivity index (χ3v) is 4.75. The second-order valence-corrected chi connectivity index (χ2v) is 6.35. The number of aromatic nitrogens is 1. The molecule has 1 fully saturated rings. The van der Waals surface area contributed by atoms with E-state index in [1.165, 1.54) is 30.2 Å². The molecule has 0 aliphatic heterocycles. The molecule has 3 rings (SSSR count). The Morgan fingerprint density at radius 3 is 2.81 bits per heavy atom.